The molecule has 2 heteroatoms. The van der Waals surface area contributed by atoms with Crippen LogP contribution in [-0.4, -0.2) is 19.3 Å². The van der Waals surface area contributed by atoms with Crippen LogP contribution in [0.2, 0.25) is 0 Å². The number of ether oxygens (including phenoxy) is 1. The molecule has 1 aliphatic heterocycles. The fourth-order valence-electron chi connectivity index (χ4n) is 2.96. The maximum absolute atomic E-state index is 6.02. The monoisotopic (exact) mass is 241 g/mol. The van der Waals surface area contributed by atoms with E-state index in [1.165, 1.54) is 57.8 Å². The molecule has 0 aromatic rings. The molecule has 0 saturated carbocycles. The number of nitrogens with two attached hydrogens (primary N) is 1. The van der Waals surface area contributed by atoms with Gasteiger partial charge in [-0.1, -0.05) is 33.1 Å². The molecule has 17 heavy (non-hydrogen) atoms. The molecule has 2 nitrogen and oxygen atoms in total. The molecule has 2 unspecified atom stereocenters. The Morgan fingerprint density at radius 1 is 1.24 bits per heavy atom. The zero-order valence-corrected chi connectivity index (χ0v) is 11.8. The Labute approximate surface area is 107 Å². The minimum Gasteiger partial charge on any atom is -0.378 e. The first-order valence-electron chi connectivity index (χ1n) is 7.58. The van der Waals surface area contributed by atoms with E-state index < -0.39 is 0 Å². The predicted octanol–water partition coefficient (Wildman–Crippen LogP) is 3.88. The maximum atomic E-state index is 6.02. The third kappa shape index (κ3) is 4.97. The van der Waals surface area contributed by atoms with Crippen LogP contribution >= 0.6 is 0 Å². The average molecular weight is 241 g/mol. The Morgan fingerprint density at radius 2 is 2.00 bits per heavy atom. The molecule has 2 atom stereocenters. The molecule has 0 aromatic heterocycles. The van der Waals surface area contributed by atoms with E-state index >= 15 is 0 Å². The highest BCUT2D eigenvalue weighted by molar-refractivity contribution is 4.79. The SMILES string of the molecule is CCCCC(CC)(CN)CCCC1CCCO1. The van der Waals surface area contributed by atoms with E-state index in [9.17, 15) is 0 Å². The molecule has 0 amide bonds. The standard InChI is InChI=1S/C15H31NO/c1-3-5-10-15(4-2,13-16)11-6-8-14-9-7-12-17-14/h14H,3-13,16H2,1-2H3. The summed E-state index contributed by atoms with van der Waals surface area (Å²) in [7, 11) is 0. The van der Waals surface area contributed by atoms with Crippen molar-refractivity contribution in [1.29, 1.82) is 0 Å². The van der Waals surface area contributed by atoms with Crippen LogP contribution in [0.25, 0.3) is 0 Å². The number of hydrogen-bond acceptors (Lipinski definition) is 2. The van der Waals surface area contributed by atoms with Crippen LogP contribution in [0.4, 0.5) is 0 Å². The summed E-state index contributed by atoms with van der Waals surface area (Å²) in [6.45, 7) is 6.41. The van der Waals surface area contributed by atoms with E-state index in [0.717, 1.165) is 13.2 Å². The van der Waals surface area contributed by atoms with Crippen LogP contribution in [0.1, 0.15) is 71.6 Å². The highest BCUT2D eigenvalue weighted by atomic mass is 16.5. The van der Waals surface area contributed by atoms with Crippen LogP contribution in [0.5, 0.6) is 0 Å². The van der Waals surface area contributed by atoms with Crippen LogP contribution in [-0.2, 0) is 4.74 Å². The quantitative estimate of drug-likeness (QED) is 0.665. The van der Waals surface area contributed by atoms with E-state index in [1.54, 1.807) is 0 Å². The molecule has 0 radical (unpaired) electrons. The summed E-state index contributed by atoms with van der Waals surface area (Å²) < 4.78 is 5.68. The van der Waals surface area contributed by atoms with Gasteiger partial charge in [0.1, 0.15) is 0 Å². The molecule has 1 aliphatic rings. The molecule has 1 fully saturated rings. The highest BCUT2D eigenvalue weighted by Crippen LogP contribution is 2.34. The summed E-state index contributed by atoms with van der Waals surface area (Å²) in [5.74, 6) is 0. The van der Waals surface area contributed by atoms with Gasteiger partial charge in [-0.2, -0.15) is 0 Å². The van der Waals surface area contributed by atoms with Gasteiger partial charge in [-0.3, -0.25) is 0 Å². The Hall–Kier alpha value is -0.0800. The van der Waals surface area contributed by atoms with Gasteiger partial charge < -0.3 is 10.5 Å². The van der Waals surface area contributed by atoms with Crippen LogP contribution < -0.4 is 5.73 Å². The summed E-state index contributed by atoms with van der Waals surface area (Å²) in [5.41, 5.74) is 6.43. The van der Waals surface area contributed by atoms with Gasteiger partial charge in [-0.25, -0.2) is 0 Å². The second-order valence-corrected chi connectivity index (χ2v) is 5.69. The fourth-order valence-corrected chi connectivity index (χ4v) is 2.96. The largest absolute Gasteiger partial charge is 0.378 e. The summed E-state index contributed by atoms with van der Waals surface area (Å²) >= 11 is 0. The molecule has 1 saturated heterocycles. The Bertz CT molecular complexity index is 183. The van der Waals surface area contributed by atoms with Crippen molar-refractivity contribution in [3.8, 4) is 0 Å². The number of unbranched alkanes of at least 4 members (excludes halogenated alkanes) is 1. The first kappa shape index (κ1) is 15.0. The van der Waals surface area contributed by atoms with Gasteiger partial charge in [0.15, 0.2) is 0 Å². The molecule has 2 N–H and O–H groups in total. The van der Waals surface area contributed by atoms with E-state index in [0.29, 0.717) is 11.5 Å². The molecule has 1 rings (SSSR count). The van der Waals surface area contributed by atoms with Gasteiger partial charge in [-0.05, 0) is 50.5 Å². The average Bonchev–Trinajstić information content (AvgIpc) is 2.87. The van der Waals surface area contributed by atoms with Crippen molar-refractivity contribution in [1.82, 2.24) is 0 Å². The summed E-state index contributed by atoms with van der Waals surface area (Å²) in [6.07, 6.45) is 12.1. The summed E-state index contributed by atoms with van der Waals surface area (Å²) in [4.78, 5) is 0. The molecule has 0 aromatic carbocycles. The second kappa shape index (κ2) is 8.10. The second-order valence-electron chi connectivity index (χ2n) is 5.69. The third-order valence-electron chi connectivity index (χ3n) is 4.50. The molecular weight excluding hydrogens is 210 g/mol. The van der Waals surface area contributed by atoms with Crippen molar-refractivity contribution in [3.63, 3.8) is 0 Å². The predicted molar refractivity (Wildman–Crippen MR) is 74.1 cm³/mol. The number of hydrogen-bond donors (Lipinski definition) is 1. The van der Waals surface area contributed by atoms with E-state index in [2.05, 4.69) is 13.8 Å². The number of rotatable bonds is 9. The lowest BCUT2D eigenvalue weighted by molar-refractivity contribution is 0.0962. The molecule has 0 bridgehead atoms. The van der Waals surface area contributed by atoms with Crippen molar-refractivity contribution >= 4 is 0 Å². The minimum absolute atomic E-state index is 0.411. The van der Waals surface area contributed by atoms with Gasteiger partial charge in [0.05, 0.1) is 6.10 Å². The van der Waals surface area contributed by atoms with Crippen LogP contribution in [0.15, 0.2) is 0 Å². The first-order chi connectivity index (χ1) is 8.26. The van der Waals surface area contributed by atoms with Gasteiger partial charge in [-0.15, -0.1) is 0 Å². The van der Waals surface area contributed by atoms with E-state index in [-0.39, 0.29) is 0 Å². The fraction of sp³-hybridized carbons (Fsp3) is 1.00. The van der Waals surface area contributed by atoms with Crippen LogP contribution in [0.3, 0.4) is 0 Å². The van der Waals surface area contributed by atoms with Gasteiger partial charge in [0.2, 0.25) is 0 Å². The molecule has 1 heterocycles. The Kier molecular flexibility index (Phi) is 7.14. The lowest BCUT2D eigenvalue weighted by Gasteiger charge is -2.32. The topological polar surface area (TPSA) is 35.2 Å². The maximum Gasteiger partial charge on any atom is 0.0576 e. The Balaban J connectivity index is 2.26. The van der Waals surface area contributed by atoms with E-state index in [1.807, 2.05) is 0 Å². The zero-order chi connectivity index (χ0) is 12.6. The normalized spacial score (nSPS) is 23.8. The first-order valence-corrected chi connectivity index (χ1v) is 7.58. The molecule has 0 aliphatic carbocycles. The van der Waals surface area contributed by atoms with Crippen LogP contribution in [0, 0.1) is 5.41 Å². The van der Waals surface area contributed by atoms with Crippen molar-refractivity contribution < 1.29 is 4.74 Å². The van der Waals surface area contributed by atoms with Crippen molar-refractivity contribution in [3.05, 3.63) is 0 Å². The summed E-state index contributed by atoms with van der Waals surface area (Å²) in [6, 6.07) is 0. The zero-order valence-electron chi connectivity index (χ0n) is 11.8. The molecular formula is C15H31NO. The Morgan fingerprint density at radius 3 is 2.53 bits per heavy atom. The van der Waals surface area contributed by atoms with Crippen molar-refractivity contribution in [2.75, 3.05) is 13.2 Å². The van der Waals surface area contributed by atoms with Crippen molar-refractivity contribution in [2.45, 2.75) is 77.7 Å². The van der Waals surface area contributed by atoms with E-state index in [4.69, 9.17) is 10.5 Å². The third-order valence-corrected chi connectivity index (χ3v) is 4.50. The van der Waals surface area contributed by atoms with Gasteiger partial charge in [0, 0.05) is 6.61 Å². The highest BCUT2D eigenvalue weighted by Gasteiger charge is 2.26. The lowest BCUT2D eigenvalue weighted by Crippen LogP contribution is -2.30. The van der Waals surface area contributed by atoms with Gasteiger partial charge >= 0.3 is 0 Å². The molecule has 102 valence electrons. The lowest BCUT2D eigenvalue weighted by atomic mass is 9.76. The van der Waals surface area contributed by atoms with Crippen molar-refractivity contribution in [2.24, 2.45) is 11.1 Å². The summed E-state index contributed by atoms with van der Waals surface area (Å²) in [5, 5.41) is 0. The molecule has 0 spiro atoms. The minimum atomic E-state index is 0.411. The van der Waals surface area contributed by atoms with Gasteiger partial charge in [0.25, 0.3) is 0 Å². The smallest absolute Gasteiger partial charge is 0.0576 e.